The second kappa shape index (κ2) is 9.58. The molecule has 19 heavy (non-hydrogen) atoms. The highest BCUT2D eigenvalue weighted by molar-refractivity contribution is 7.80. The van der Waals surface area contributed by atoms with E-state index in [0.29, 0.717) is 11.7 Å². The van der Waals surface area contributed by atoms with Gasteiger partial charge in [0, 0.05) is 19.8 Å². The Hall–Kier alpha value is -1.33. The molecule has 0 unspecified atom stereocenters. The molecule has 1 aromatic rings. The molecule has 0 saturated carbocycles. The van der Waals surface area contributed by atoms with Crippen LogP contribution in [0.5, 0.6) is 5.75 Å². The maximum Gasteiger partial charge on any atom is 0.170 e. The Labute approximate surface area is 120 Å². The molecule has 0 amide bonds. The maximum atomic E-state index is 5.53. The lowest BCUT2D eigenvalue weighted by Gasteiger charge is -2.14. The van der Waals surface area contributed by atoms with Gasteiger partial charge in [0.05, 0.1) is 12.3 Å². The Balaban J connectivity index is 2.35. The summed E-state index contributed by atoms with van der Waals surface area (Å²) in [5.41, 5.74) is 0.881. The van der Waals surface area contributed by atoms with Crippen molar-refractivity contribution in [2.45, 2.75) is 20.3 Å². The summed E-state index contributed by atoms with van der Waals surface area (Å²) in [6.07, 6.45) is 0.933. The largest absolute Gasteiger partial charge is 0.492 e. The normalized spacial score (nSPS) is 10.0. The van der Waals surface area contributed by atoms with Gasteiger partial charge in [-0.25, -0.2) is 0 Å². The molecule has 0 heterocycles. The number of rotatable bonds is 8. The molecule has 0 bridgehead atoms. The van der Waals surface area contributed by atoms with Crippen LogP contribution in [0.15, 0.2) is 24.3 Å². The molecule has 2 N–H and O–H groups in total. The molecule has 0 saturated heterocycles. The molecule has 0 atom stereocenters. The smallest absolute Gasteiger partial charge is 0.170 e. The van der Waals surface area contributed by atoms with E-state index in [1.807, 2.05) is 38.1 Å². The standard InChI is InChI=1S/C14H22N2O2S/c1-3-17-11-7-10-15-14(19)16-12-8-5-6-9-13(12)18-4-2/h5-6,8-9H,3-4,7,10-11H2,1-2H3,(H2,15,16,19). The van der Waals surface area contributed by atoms with E-state index in [2.05, 4.69) is 10.6 Å². The summed E-state index contributed by atoms with van der Waals surface area (Å²) in [6.45, 7) is 6.88. The highest BCUT2D eigenvalue weighted by Gasteiger charge is 2.03. The summed E-state index contributed by atoms with van der Waals surface area (Å²) < 4.78 is 10.8. The Morgan fingerprint density at radius 2 is 2.00 bits per heavy atom. The third-order valence-electron chi connectivity index (χ3n) is 2.39. The van der Waals surface area contributed by atoms with Gasteiger partial charge in [0.1, 0.15) is 5.75 Å². The summed E-state index contributed by atoms with van der Waals surface area (Å²) in [6, 6.07) is 7.75. The van der Waals surface area contributed by atoms with Crippen LogP contribution in [0.4, 0.5) is 5.69 Å². The topological polar surface area (TPSA) is 42.5 Å². The van der Waals surface area contributed by atoms with Crippen molar-refractivity contribution in [3.8, 4) is 5.75 Å². The van der Waals surface area contributed by atoms with E-state index in [1.165, 1.54) is 0 Å². The molecule has 0 radical (unpaired) electrons. The molecule has 0 aliphatic rings. The van der Waals surface area contributed by atoms with E-state index < -0.39 is 0 Å². The summed E-state index contributed by atoms with van der Waals surface area (Å²) in [5.74, 6) is 0.809. The van der Waals surface area contributed by atoms with Gasteiger partial charge in [0.2, 0.25) is 0 Å². The van der Waals surface area contributed by atoms with Gasteiger partial charge in [-0.15, -0.1) is 0 Å². The lowest BCUT2D eigenvalue weighted by molar-refractivity contribution is 0.146. The first-order valence-corrected chi connectivity index (χ1v) is 7.03. The van der Waals surface area contributed by atoms with Crippen molar-refractivity contribution in [1.82, 2.24) is 5.32 Å². The molecule has 1 aromatic carbocycles. The lowest BCUT2D eigenvalue weighted by atomic mass is 10.3. The number of hydrogen-bond acceptors (Lipinski definition) is 3. The SMILES string of the molecule is CCOCCCNC(=S)Nc1ccccc1OCC. The van der Waals surface area contributed by atoms with Crippen LogP contribution >= 0.6 is 12.2 Å². The fraction of sp³-hybridized carbons (Fsp3) is 0.500. The summed E-state index contributed by atoms with van der Waals surface area (Å²) in [5, 5.41) is 6.89. The average Bonchev–Trinajstić information content (AvgIpc) is 2.41. The van der Waals surface area contributed by atoms with Crippen LogP contribution < -0.4 is 15.4 Å². The van der Waals surface area contributed by atoms with Gasteiger partial charge in [-0.1, -0.05) is 12.1 Å². The number of thiocarbonyl (C=S) groups is 1. The predicted octanol–water partition coefficient (Wildman–Crippen LogP) is 2.80. The second-order valence-electron chi connectivity index (χ2n) is 3.86. The Morgan fingerprint density at radius 1 is 1.21 bits per heavy atom. The van der Waals surface area contributed by atoms with E-state index in [-0.39, 0.29) is 0 Å². The molecule has 1 rings (SSSR count). The number of benzene rings is 1. The van der Waals surface area contributed by atoms with Crippen LogP contribution in [0.2, 0.25) is 0 Å². The molecular formula is C14H22N2O2S. The van der Waals surface area contributed by atoms with E-state index in [0.717, 1.165) is 37.6 Å². The van der Waals surface area contributed by atoms with E-state index in [1.54, 1.807) is 0 Å². The molecule has 0 aromatic heterocycles. The molecule has 0 aliphatic carbocycles. The molecule has 4 nitrogen and oxygen atoms in total. The van der Waals surface area contributed by atoms with Gasteiger partial charge in [0.15, 0.2) is 5.11 Å². The molecular weight excluding hydrogens is 260 g/mol. The molecule has 0 aliphatic heterocycles. The van der Waals surface area contributed by atoms with Crippen molar-refractivity contribution in [1.29, 1.82) is 0 Å². The molecule has 5 heteroatoms. The molecule has 0 spiro atoms. The summed E-state index contributed by atoms with van der Waals surface area (Å²) >= 11 is 5.24. The number of para-hydroxylation sites is 2. The van der Waals surface area contributed by atoms with Crippen molar-refractivity contribution in [2.75, 3.05) is 31.7 Å². The fourth-order valence-corrected chi connectivity index (χ4v) is 1.75. The van der Waals surface area contributed by atoms with Crippen molar-refractivity contribution < 1.29 is 9.47 Å². The predicted molar refractivity (Wildman–Crippen MR) is 82.9 cm³/mol. The zero-order valence-electron chi connectivity index (χ0n) is 11.6. The van der Waals surface area contributed by atoms with Gasteiger partial charge in [0.25, 0.3) is 0 Å². The lowest BCUT2D eigenvalue weighted by Crippen LogP contribution is -2.30. The minimum absolute atomic E-state index is 0.601. The van der Waals surface area contributed by atoms with Crippen LogP contribution in [0.3, 0.4) is 0 Å². The first-order chi connectivity index (χ1) is 9.27. The van der Waals surface area contributed by atoms with Crippen LogP contribution in [0.1, 0.15) is 20.3 Å². The first-order valence-electron chi connectivity index (χ1n) is 6.62. The number of ether oxygens (including phenoxy) is 2. The Morgan fingerprint density at radius 3 is 2.74 bits per heavy atom. The van der Waals surface area contributed by atoms with Crippen LogP contribution in [0, 0.1) is 0 Å². The van der Waals surface area contributed by atoms with Crippen molar-refractivity contribution >= 4 is 23.0 Å². The quantitative estimate of drug-likeness (QED) is 0.567. The van der Waals surface area contributed by atoms with Crippen molar-refractivity contribution in [3.05, 3.63) is 24.3 Å². The summed E-state index contributed by atoms with van der Waals surface area (Å²) in [7, 11) is 0. The van der Waals surface area contributed by atoms with Gasteiger partial charge in [-0.2, -0.15) is 0 Å². The number of anilines is 1. The number of nitrogens with one attached hydrogen (secondary N) is 2. The van der Waals surface area contributed by atoms with Gasteiger partial charge in [-0.05, 0) is 44.6 Å². The average molecular weight is 282 g/mol. The first kappa shape index (κ1) is 15.7. The van der Waals surface area contributed by atoms with Crippen LogP contribution in [-0.2, 0) is 4.74 Å². The van der Waals surface area contributed by atoms with Gasteiger partial charge >= 0.3 is 0 Å². The van der Waals surface area contributed by atoms with E-state index in [4.69, 9.17) is 21.7 Å². The minimum atomic E-state index is 0.601. The number of hydrogen-bond donors (Lipinski definition) is 2. The highest BCUT2D eigenvalue weighted by Crippen LogP contribution is 2.23. The van der Waals surface area contributed by atoms with Crippen molar-refractivity contribution in [2.24, 2.45) is 0 Å². The molecule has 0 fully saturated rings. The second-order valence-corrected chi connectivity index (χ2v) is 4.27. The monoisotopic (exact) mass is 282 g/mol. The van der Waals surface area contributed by atoms with E-state index in [9.17, 15) is 0 Å². The summed E-state index contributed by atoms with van der Waals surface area (Å²) in [4.78, 5) is 0. The van der Waals surface area contributed by atoms with Crippen molar-refractivity contribution in [3.63, 3.8) is 0 Å². The Kier molecular flexibility index (Phi) is 7.93. The highest BCUT2D eigenvalue weighted by atomic mass is 32.1. The van der Waals surface area contributed by atoms with Crippen LogP contribution in [0.25, 0.3) is 0 Å². The van der Waals surface area contributed by atoms with Gasteiger partial charge < -0.3 is 20.1 Å². The van der Waals surface area contributed by atoms with Crippen LogP contribution in [-0.4, -0.2) is 31.5 Å². The third kappa shape index (κ3) is 6.40. The van der Waals surface area contributed by atoms with Gasteiger partial charge in [-0.3, -0.25) is 0 Å². The molecule has 106 valence electrons. The Bertz CT molecular complexity index is 385. The maximum absolute atomic E-state index is 5.53. The van der Waals surface area contributed by atoms with E-state index >= 15 is 0 Å². The zero-order valence-corrected chi connectivity index (χ0v) is 12.4. The zero-order chi connectivity index (χ0) is 13.9. The fourth-order valence-electron chi connectivity index (χ4n) is 1.54. The third-order valence-corrected chi connectivity index (χ3v) is 2.64. The minimum Gasteiger partial charge on any atom is -0.492 e.